The lowest BCUT2D eigenvalue weighted by atomic mass is 10.6. The Morgan fingerprint density at radius 3 is 1.56 bits per heavy atom. The molecule has 0 atom stereocenters. The summed E-state index contributed by atoms with van der Waals surface area (Å²) in [5.74, 6) is -3.64. The fourth-order valence-corrected chi connectivity index (χ4v) is 0.591. The minimum atomic E-state index is -3.86. The van der Waals surface area contributed by atoms with Crippen molar-refractivity contribution >= 4 is 10.1 Å². The zero-order chi connectivity index (χ0) is 14.9. The van der Waals surface area contributed by atoms with Gasteiger partial charge in [0.15, 0.2) is 11.7 Å². The number of halogens is 6. The van der Waals surface area contributed by atoms with Crippen LogP contribution in [0, 0.1) is 0 Å². The molecule has 0 bridgehead atoms. The number of aliphatic hydroxyl groups excluding tert-OH is 1. The van der Waals surface area contributed by atoms with Crippen LogP contribution < -0.4 is 0 Å². The summed E-state index contributed by atoms with van der Waals surface area (Å²) in [6, 6.07) is 0. The predicted octanol–water partition coefficient (Wildman–Crippen LogP) is 2.10. The maximum Gasteiger partial charge on any atom is 0.303 e. The number of hydrogen-bond donors (Lipinski definition) is 1. The Hall–Kier alpha value is -1.07. The Labute approximate surface area is 98.3 Å². The Balaban J connectivity index is 0. The van der Waals surface area contributed by atoms with Crippen molar-refractivity contribution in [2.24, 2.45) is 0 Å². The molecule has 0 aromatic rings. The van der Waals surface area contributed by atoms with E-state index in [9.17, 15) is 34.8 Å². The Morgan fingerprint density at radius 2 is 1.39 bits per heavy atom. The quantitative estimate of drug-likeness (QED) is 0.638. The first-order valence-electron chi connectivity index (χ1n) is 3.85. The van der Waals surface area contributed by atoms with Crippen molar-refractivity contribution in [1.82, 2.24) is 0 Å². The molecule has 0 heterocycles. The van der Waals surface area contributed by atoms with Gasteiger partial charge in [0, 0.05) is 0 Å². The highest BCUT2D eigenvalue weighted by atomic mass is 32.2. The van der Waals surface area contributed by atoms with Crippen molar-refractivity contribution in [2.75, 3.05) is 19.5 Å². The summed E-state index contributed by atoms with van der Waals surface area (Å²) >= 11 is 0. The molecule has 0 saturated carbocycles. The number of rotatable bonds is 4. The van der Waals surface area contributed by atoms with E-state index in [1.54, 1.807) is 0 Å². The average molecular weight is 302 g/mol. The molecule has 0 aliphatic rings. The third-order valence-electron chi connectivity index (χ3n) is 0.949. The van der Waals surface area contributed by atoms with E-state index in [4.69, 9.17) is 5.11 Å². The lowest BCUT2D eigenvalue weighted by Gasteiger charge is -1.96. The fourth-order valence-electron chi connectivity index (χ4n) is 0.273. The van der Waals surface area contributed by atoms with Crippen LogP contribution in [-0.4, -0.2) is 33.0 Å². The molecular formula is C7H8F6O4S. The van der Waals surface area contributed by atoms with Crippen LogP contribution in [-0.2, 0) is 14.3 Å². The lowest BCUT2D eigenvalue weighted by molar-refractivity contribution is 0.270. The fraction of sp³-hybridized carbons (Fsp3) is 0.429. The summed E-state index contributed by atoms with van der Waals surface area (Å²) < 4.78 is 90.9. The van der Waals surface area contributed by atoms with Gasteiger partial charge >= 0.3 is 12.2 Å². The highest BCUT2D eigenvalue weighted by molar-refractivity contribution is 7.85. The summed E-state index contributed by atoms with van der Waals surface area (Å²) in [7, 11) is -3.86. The van der Waals surface area contributed by atoms with Gasteiger partial charge in [-0.1, -0.05) is 0 Å². The third-order valence-corrected chi connectivity index (χ3v) is 1.49. The van der Waals surface area contributed by atoms with Crippen molar-refractivity contribution in [3.63, 3.8) is 0 Å². The van der Waals surface area contributed by atoms with Gasteiger partial charge in [-0.15, -0.1) is 0 Å². The SMILES string of the molecule is CS(=O)(=O)OCC(F)=C(F)F.OCC(F)=C(F)F. The van der Waals surface area contributed by atoms with E-state index in [1.807, 2.05) is 0 Å². The van der Waals surface area contributed by atoms with Crippen LogP contribution in [0.1, 0.15) is 0 Å². The topological polar surface area (TPSA) is 63.6 Å². The average Bonchev–Trinajstić information content (AvgIpc) is 2.24. The maximum atomic E-state index is 11.8. The molecule has 0 aliphatic carbocycles. The second-order valence-electron chi connectivity index (χ2n) is 2.46. The van der Waals surface area contributed by atoms with Crippen LogP contribution in [0.15, 0.2) is 23.8 Å². The molecule has 1 N–H and O–H groups in total. The summed E-state index contributed by atoms with van der Waals surface area (Å²) in [6.07, 6.45) is -4.40. The maximum absolute atomic E-state index is 11.8. The summed E-state index contributed by atoms with van der Waals surface area (Å²) in [6.45, 7) is -2.47. The van der Waals surface area contributed by atoms with Crippen LogP contribution in [0.25, 0.3) is 0 Å². The van der Waals surface area contributed by atoms with Crippen LogP contribution in [0.3, 0.4) is 0 Å². The van der Waals surface area contributed by atoms with Gasteiger partial charge in [0.1, 0.15) is 13.2 Å². The number of aliphatic hydroxyl groups is 1. The van der Waals surface area contributed by atoms with Gasteiger partial charge in [0.2, 0.25) is 0 Å². The molecule has 0 amide bonds. The largest absolute Gasteiger partial charge is 0.389 e. The predicted molar refractivity (Wildman–Crippen MR) is 48.6 cm³/mol. The molecule has 108 valence electrons. The summed E-state index contributed by atoms with van der Waals surface area (Å²) in [5, 5.41) is 7.59. The van der Waals surface area contributed by atoms with Crippen LogP contribution in [0.5, 0.6) is 0 Å². The van der Waals surface area contributed by atoms with E-state index in [2.05, 4.69) is 4.18 Å². The highest BCUT2D eigenvalue weighted by Gasteiger charge is 2.09. The number of hydrogen-bond acceptors (Lipinski definition) is 4. The highest BCUT2D eigenvalue weighted by Crippen LogP contribution is 2.09. The molecule has 0 radical (unpaired) electrons. The molecule has 0 aromatic heterocycles. The zero-order valence-electron chi connectivity index (χ0n) is 8.76. The smallest absolute Gasteiger partial charge is 0.303 e. The van der Waals surface area contributed by atoms with E-state index < -0.39 is 47.1 Å². The van der Waals surface area contributed by atoms with E-state index in [0.717, 1.165) is 0 Å². The van der Waals surface area contributed by atoms with Crippen LogP contribution in [0.4, 0.5) is 26.3 Å². The zero-order valence-corrected chi connectivity index (χ0v) is 9.58. The summed E-state index contributed by atoms with van der Waals surface area (Å²) in [4.78, 5) is 0. The normalized spacial score (nSPS) is 10.2. The van der Waals surface area contributed by atoms with Crippen LogP contribution in [0.2, 0.25) is 0 Å². The monoisotopic (exact) mass is 302 g/mol. The van der Waals surface area contributed by atoms with E-state index in [0.29, 0.717) is 6.26 Å². The summed E-state index contributed by atoms with van der Waals surface area (Å²) in [5.41, 5.74) is 0. The van der Waals surface area contributed by atoms with Gasteiger partial charge in [-0.25, -0.2) is 8.78 Å². The van der Waals surface area contributed by atoms with Crippen LogP contribution >= 0.6 is 0 Å². The second kappa shape index (κ2) is 8.94. The molecule has 18 heavy (non-hydrogen) atoms. The Bertz CT molecular complexity index is 408. The molecule has 0 fully saturated rings. The van der Waals surface area contributed by atoms with Crippen molar-refractivity contribution in [3.8, 4) is 0 Å². The van der Waals surface area contributed by atoms with E-state index in [-0.39, 0.29) is 0 Å². The molecular weight excluding hydrogens is 294 g/mol. The van der Waals surface area contributed by atoms with Gasteiger partial charge in [0.05, 0.1) is 6.26 Å². The van der Waals surface area contributed by atoms with Crippen molar-refractivity contribution in [1.29, 1.82) is 0 Å². The molecule has 0 unspecified atom stereocenters. The molecule has 0 saturated heterocycles. The van der Waals surface area contributed by atoms with E-state index >= 15 is 0 Å². The van der Waals surface area contributed by atoms with Crippen molar-refractivity contribution < 1.29 is 44.0 Å². The molecule has 4 nitrogen and oxygen atoms in total. The minimum Gasteiger partial charge on any atom is -0.389 e. The molecule has 0 spiro atoms. The third kappa shape index (κ3) is 13.0. The first-order chi connectivity index (χ1) is 8.01. The first-order valence-corrected chi connectivity index (χ1v) is 5.67. The van der Waals surface area contributed by atoms with Crippen molar-refractivity contribution in [3.05, 3.63) is 23.8 Å². The Kier molecular flexibility index (Phi) is 9.57. The van der Waals surface area contributed by atoms with Gasteiger partial charge in [-0.3, -0.25) is 4.18 Å². The van der Waals surface area contributed by atoms with E-state index in [1.165, 1.54) is 0 Å². The minimum absolute atomic E-state index is 0.635. The van der Waals surface area contributed by atoms with Crippen molar-refractivity contribution in [2.45, 2.75) is 0 Å². The molecule has 0 rings (SSSR count). The van der Waals surface area contributed by atoms with Gasteiger partial charge < -0.3 is 5.11 Å². The lowest BCUT2D eigenvalue weighted by Crippen LogP contribution is -2.04. The van der Waals surface area contributed by atoms with Gasteiger partial charge in [0.25, 0.3) is 10.1 Å². The Morgan fingerprint density at radius 1 is 1.00 bits per heavy atom. The first kappa shape index (κ1) is 19.3. The second-order valence-corrected chi connectivity index (χ2v) is 4.10. The standard InChI is InChI=1S/C4H5F3O3S.C3H3F3O/c1-11(8,9)10-2-3(5)4(6)7;4-2(1-7)3(5)6/h2H2,1H3;7H,1H2. The van der Waals surface area contributed by atoms with Gasteiger partial charge in [-0.05, 0) is 0 Å². The molecule has 0 aliphatic heterocycles. The molecule has 11 heteroatoms. The van der Waals surface area contributed by atoms with Gasteiger partial charge in [-0.2, -0.15) is 26.0 Å². The molecule has 0 aromatic carbocycles.